The molecule has 1 aromatic carbocycles. The molecule has 0 saturated carbocycles. The van der Waals surface area contributed by atoms with E-state index >= 15 is 0 Å². The lowest BCUT2D eigenvalue weighted by molar-refractivity contribution is -0.154. The number of fused-ring (bicyclic) bond motifs is 1. The molecule has 0 radical (unpaired) electrons. The number of aliphatic imine (C=N–C) groups is 1. The number of hydrogen-bond donors (Lipinski definition) is 1. The van der Waals surface area contributed by atoms with Gasteiger partial charge in [-0.15, -0.1) is 11.3 Å². The van der Waals surface area contributed by atoms with Crippen LogP contribution < -0.4 is 5.32 Å². The molecule has 11 nitrogen and oxygen atoms in total. The second kappa shape index (κ2) is 14.0. The fraction of sp³-hybridized carbons (Fsp3) is 0.485. The molecule has 46 heavy (non-hydrogen) atoms. The van der Waals surface area contributed by atoms with Crippen LogP contribution in [0.1, 0.15) is 49.9 Å². The molecule has 4 heterocycles. The minimum absolute atomic E-state index is 0.0509. The third-order valence-corrected chi connectivity index (χ3v) is 9.25. The first-order chi connectivity index (χ1) is 22.1. The number of allylic oxidation sites excluding steroid dienone is 1. The molecule has 2 saturated heterocycles. The number of piperazine rings is 1. The van der Waals surface area contributed by atoms with E-state index in [4.69, 9.17) is 14.5 Å². The van der Waals surface area contributed by atoms with E-state index < -0.39 is 17.4 Å². The highest BCUT2D eigenvalue weighted by Gasteiger charge is 2.43. The van der Waals surface area contributed by atoms with E-state index in [1.165, 1.54) is 17.4 Å². The molecule has 0 spiro atoms. The van der Waals surface area contributed by atoms with Crippen molar-refractivity contribution in [3.63, 3.8) is 0 Å². The molecule has 0 amide bonds. The normalized spacial score (nSPS) is 21.1. The van der Waals surface area contributed by atoms with Gasteiger partial charge in [-0.3, -0.25) is 14.7 Å². The molecule has 2 aromatic rings. The molecule has 2 fully saturated rings. The predicted octanol–water partition coefficient (Wildman–Crippen LogP) is 3.76. The quantitative estimate of drug-likeness (QED) is 0.301. The Balaban J connectivity index is 1.45. The minimum atomic E-state index is -0.788. The summed E-state index contributed by atoms with van der Waals surface area (Å²) in [6.07, 6.45) is 3.24. The van der Waals surface area contributed by atoms with Crippen LogP contribution in [0.2, 0.25) is 0 Å². The number of thiazole rings is 1. The van der Waals surface area contributed by atoms with Crippen molar-refractivity contribution >= 4 is 29.1 Å². The van der Waals surface area contributed by atoms with Gasteiger partial charge in [0.15, 0.2) is 10.8 Å². The van der Waals surface area contributed by atoms with Crippen LogP contribution in [0.3, 0.4) is 0 Å². The first-order valence-electron chi connectivity index (χ1n) is 15.5. The van der Waals surface area contributed by atoms with Gasteiger partial charge in [-0.1, -0.05) is 12.1 Å². The summed E-state index contributed by atoms with van der Waals surface area (Å²) in [5, 5.41) is 15.5. The van der Waals surface area contributed by atoms with Crippen LogP contribution in [0, 0.1) is 29.5 Å². The topological polar surface area (TPSA) is 123 Å². The van der Waals surface area contributed by atoms with Crippen LogP contribution in [0.15, 0.2) is 57.9 Å². The Morgan fingerprint density at radius 1 is 1.22 bits per heavy atom. The zero-order valence-corrected chi connectivity index (χ0v) is 27.7. The Morgan fingerprint density at radius 2 is 2.00 bits per heavy atom. The molecular formula is C33H40FN7O4S. The first kappa shape index (κ1) is 33.1. The lowest BCUT2D eigenvalue weighted by Crippen LogP contribution is -2.52. The number of amidine groups is 1. The van der Waals surface area contributed by atoms with Crippen LogP contribution >= 0.6 is 11.3 Å². The van der Waals surface area contributed by atoms with Gasteiger partial charge >= 0.3 is 11.9 Å². The van der Waals surface area contributed by atoms with Gasteiger partial charge in [0.05, 0.1) is 42.4 Å². The zero-order valence-electron chi connectivity index (χ0n) is 26.9. The lowest BCUT2D eigenvalue weighted by Gasteiger charge is -2.39. The van der Waals surface area contributed by atoms with E-state index in [2.05, 4.69) is 31.1 Å². The summed E-state index contributed by atoms with van der Waals surface area (Å²) >= 11 is 1.42. The molecule has 2 atom stereocenters. The molecule has 0 bridgehead atoms. The third-order valence-electron chi connectivity index (χ3n) is 8.47. The third kappa shape index (κ3) is 6.78. The number of nitrogens with zero attached hydrogens (tertiary/aromatic N) is 6. The number of carbonyl (C=O) groups is 2. The minimum Gasteiger partial charge on any atom is -0.466 e. The largest absolute Gasteiger partial charge is 0.466 e. The number of aromatic nitrogens is 1. The molecule has 244 valence electrons. The summed E-state index contributed by atoms with van der Waals surface area (Å²) in [4.78, 5) is 42.2. The summed E-state index contributed by atoms with van der Waals surface area (Å²) in [6.45, 7) is 12.8. The van der Waals surface area contributed by atoms with E-state index in [0.29, 0.717) is 79.1 Å². The Morgan fingerprint density at radius 3 is 2.70 bits per heavy atom. The summed E-state index contributed by atoms with van der Waals surface area (Å²) < 4.78 is 25.7. The predicted molar refractivity (Wildman–Crippen MR) is 172 cm³/mol. The van der Waals surface area contributed by atoms with Gasteiger partial charge in [0.1, 0.15) is 17.7 Å². The molecule has 3 aliphatic rings. The van der Waals surface area contributed by atoms with E-state index in [1.807, 2.05) is 19.2 Å². The van der Waals surface area contributed by atoms with Crippen LogP contribution in [0.25, 0.3) is 0 Å². The van der Waals surface area contributed by atoms with Gasteiger partial charge in [0, 0.05) is 56.5 Å². The second-order valence-corrected chi connectivity index (χ2v) is 13.0. The molecular weight excluding hydrogens is 609 g/mol. The summed E-state index contributed by atoms with van der Waals surface area (Å²) in [7, 11) is 0. The Hall–Kier alpha value is -4.28. The number of rotatable bonds is 10. The van der Waals surface area contributed by atoms with Crippen LogP contribution in [0.4, 0.5) is 4.39 Å². The van der Waals surface area contributed by atoms with Gasteiger partial charge in [-0.2, -0.15) is 5.26 Å². The number of hydrogen-bond acceptors (Lipinski definition) is 12. The first-order valence-corrected chi connectivity index (χ1v) is 16.4. The van der Waals surface area contributed by atoms with E-state index in [0.717, 1.165) is 5.82 Å². The van der Waals surface area contributed by atoms with Crippen molar-refractivity contribution in [2.45, 2.75) is 46.7 Å². The summed E-state index contributed by atoms with van der Waals surface area (Å²) in [5.41, 5.74) is 1.21. The summed E-state index contributed by atoms with van der Waals surface area (Å²) in [6, 6.07) is 6.26. The SMILES string of the molecule is CCOC(=O)C1=C(CN2CCN3C(=CC#N)N(CC(C)(C)C(=O)OCC)CC3C2)NC(c2nccs2)=N[C@H]1c1cccc(F)c1C. The van der Waals surface area contributed by atoms with Gasteiger partial charge in [0.25, 0.3) is 0 Å². The molecule has 1 N–H and O–H groups in total. The van der Waals surface area contributed by atoms with Crippen molar-refractivity contribution in [3.8, 4) is 6.07 Å². The monoisotopic (exact) mass is 649 g/mol. The van der Waals surface area contributed by atoms with Crippen LogP contribution in [0.5, 0.6) is 0 Å². The Kier molecular flexibility index (Phi) is 10.1. The number of nitriles is 1. The van der Waals surface area contributed by atoms with Crippen molar-refractivity contribution < 1.29 is 23.5 Å². The average Bonchev–Trinajstić information content (AvgIpc) is 3.67. The smallest absolute Gasteiger partial charge is 0.338 e. The fourth-order valence-electron chi connectivity index (χ4n) is 6.28. The number of nitrogens with one attached hydrogen (secondary N) is 1. The number of halogens is 1. The summed E-state index contributed by atoms with van der Waals surface area (Å²) in [5.74, 6) is 0.151. The highest BCUT2D eigenvalue weighted by molar-refractivity contribution is 7.11. The van der Waals surface area contributed by atoms with Crippen LogP contribution in [-0.2, 0) is 19.1 Å². The molecule has 0 aliphatic carbocycles. The van der Waals surface area contributed by atoms with Gasteiger partial charge < -0.3 is 24.6 Å². The maximum atomic E-state index is 14.8. The van der Waals surface area contributed by atoms with Crippen molar-refractivity contribution in [3.05, 3.63) is 74.9 Å². The molecule has 3 aliphatic heterocycles. The lowest BCUT2D eigenvalue weighted by atomic mass is 9.92. The maximum Gasteiger partial charge on any atom is 0.338 e. The molecule has 5 rings (SSSR count). The molecule has 13 heteroatoms. The molecule has 1 unspecified atom stereocenters. The van der Waals surface area contributed by atoms with Crippen molar-refractivity contribution in [1.82, 2.24) is 25.0 Å². The molecule has 1 aromatic heterocycles. The number of carbonyl (C=O) groups excluding carboxylic acids is 2. The second-order valence-electron chi connectivity index (χ2n) is 12.1. The maximum absolute atomic E-state index is 14.8. The van der Waals surface area contributed by atoms with Gasteiger partial charge in [-0.25, -0.2) is 14.2 Å². The van der Waals surface area contributed by atoms with Crippen LogP contribution in [-0.4, -0.2) is 96.0 Å². The van der Waals surface area contributed by atoms with Crippen molar-refractivity contribution in [2.24, 2.45) is 10.4 Å². The zero-order chi connectivity index (χ0) is 33.0. The number of ether oxygens (including phenoxy) is 2. The Labute approximate surface area is 273 Å². The van der Waals surface area contributed by atoms with Gasteiger partial charge in [-0.05, 0) is 51.8 Å². The van der Waals surface area contributed by atoms with E-state index in [1.54, 1.807) is 45.2 Å². The standard InChI is InChI=1S/C33H40FN7O4S/c1-6-44-31(42)27-25(37-29(30-36-13-16-46-30)38-28(27)23-9-8-10-24(34)21(23)3)19-39-14-15-41-22(17-39)18-40(26(41)11-12-35)20-33(4,5)32(43)45-7-2/h8-11,13,16,22,28H,6-7,14-15,17-20H2,1-5H3,(H,37,38)/t22?,28-/m0/s1. The average molecular weight is 650 g/mol. The number of benzene rings is 1. The van der Waals surface area contributed by atoms with E-state index in [9.17, 15) is 19.2 Å². The Bertz CT molecular complexity index is 1600. The van der Waals surface area contributed by atoms with Crippen molar-refractivity contribution in [2.75, 3.05) is 52.5 Å². The van der Waals surface area contributed by atoms with E-state index in [-0.39, 0.29) is 24.4 Å². The fourth-order valence-corrected chi connectivity index (χ4v) is 6.87. The highest BCUT2D eigenvalue weighted by atomic mass is 32.1. The van der Waals surface area contributed by atoms with Crippen molar-refractivity contribution in [1.29, 1.82) is 5.26 Å². The highest BCUT2D eigenvalue weighted by Crippen LogP contribution is 2.36. The number of esters is 2. The van der Waals surface area contributed by atoms with Gasteiger partial charge in [0.2, 0.25) is 0 Å².